The first-order valence-corrected chi connectivity index (χ1v) is 9.19. The highest BCUT2D eigenvalue weighted by Gasteiger charge is 2.70. The Morgan fingerprint density at radius 3 is 1.93 bits per heavy atom. The zero-order valence-corrected chi connectivity index (χ0v) is 15.2. The third kappa shape index (κ3) is 4.73. The van der Waals surface area contributed by atoms with E-state index >= 15 is 0 Å². The fourth-order valence-electron chi connectivity index (χ4n) is 2.38. The molecular weight excluding hydrogens is 404 g/mol. The maximum Gasteiger partial charge on any atom is 0.426 e. The molecule has 1 aromatic rings. The van der Waals surface area contributed by atoms with Crippen LogP contribution >= 0.6 is 0 Å². The predicted molar refractivity (Wildman–Crippen MR) is 83.2 cm³/mol. The fraction of sp³-hybridized carbons (Fsp3) is 0.600. The fourth-order valence-corrected chi connectivity index (χ4v) is 3.90. The van der Waals surface area contributed by atoms with Crippen molar-refractivity contribution in [2.75, 3.05) is 13.1 Å². The molecule has 1 unspecified atom stereocenters. The second kappa shape index (κ2) is 7.94. The molecule has 0 heterocycles. The van der Waals surface area contributed by atoms with Crippen molar-refractivity contribution in [3.63, 3.8) is 0 Å². The molecule has 5 nitrogen and oxygen atoms in total. The number of rotatable bonds is 7. The molecule has 0 bridgehead atoms. The number of hydrogen-bond acceptors (Lipinski definition) is 4. The van der Waals surface area contributed by atoms with Crippen LogP contribution in [0, 0.1) is 0 Å². The van der Waals surface area contributed by atoms with Crippen LogP contribution in [-0.4, -0.2) is 54.0 Å². The summed E-state index contributed by atoms with van der Waals surface area (Å²) < 4.78 is 102. The van der Waals surface area contributed by atoms with Crippen molar-refractivity contribution in [1.82, 2.24) is 4.31 Å². The van der Waals surface area contributed by atoms with Crippen molar-refractivity contribution >= 4 is 10.0 Å². The number of hydrogen-bond donors (Lipinski definition) is 2. The normalized spacial score (nSPS) is 15.2. The van der Waals surface area contributed by atoms with Crippen molar-refractivity contribution in [3.05, 3.63) is 29.8 Å². The van der Waals surface area contributed by atoms with Crippen LogP contribution in [0.25, 0.3) is 0 Å². The summed E-state index contributed by atoms with van der Waals surface area (Å²) in [5.74, 6) is 0. The van der Waals surface area contributed by atoms with Gasteiger partial charge in [0.1, 0.15) is 0 Å². The molecule has 12 heteroatoms. The summed E-state index contributed by atoms with van der Waals surface area (Å²) in [4.78, 5) is -0.398. The van der Waals surface area contributed by atoms with E-state index in [-0.39, 0.29) is 13.1 Å². The highest BCUT2D eigenvalue weighted by molar-refractivity contribution is 7.89. The van der Waals surface area contributed by atoms with Crippen molar-refractivity contribution in [1.29, 1.82) is 0 Å². The Bertz CT molecular complexity index is 729. The van der Waals surface area contributed by atoms with Gasteiger partial charge in [0, 0.05) is 19.5 Å². The highest BCUT2D eigenvalue weighted by atomic mass is 32.2. The van der Waals surface area contributed by atoms with Crippen LogP contribution in [0.3, 0.4) is 0 Å². The number of nitrogens with zero attached hydrogens (tertiary/aromatic N) is 1. The molecule has 0 aliphatic rings. The Morgan fingerprint density at radius 1 is 1.04 bits per heavy atom. The molecule has 1 aromatic carbocycles. The minimum Gasteiger partial charge on any atom is -0.388 e. The molecule has 2 N–H and O–H groups in total. The van der Waals surface area contributed by atoms with Gasteiger partial charge in [0.2, 0.25) is 10.0 Å². The molecule has 0 saturated heterocycles. The minimum atomic E-state index is -6.09. The quantitative estimate of drug-likeness (QED) is 0.661. The Balaban J connectivity index is 3.29. The smallest absolute Gasteiger partial charge is 0.388 e. The molecule has 27 heavy (non-hydrogen) atoms. The maximum atomic E-state index is 12.8. The highest BCUT2D eigenvalue weighted by Crippen LogP contribution is 2.47. The van der Waals surface area contributed by atoms with Gasteiger partial charge in [-0.3, -0.25) is 0 Å². The van der Waals surface area contributed by atoms with Crippen molar-refractivity contribution < 1.29 is 45.0 Å². The first kappa shape index (κ1) is 23.7. The number of alkyl halides is 6. The maximum absolute atomic E-state index is 12.8. The lowest BCUT2D eigenvalue weighted by molar-refractivity contribution is -0.374. The third-order valence-electron chi connectivity index (χ3n) is 4.01. The summed E-state index contributed by atoms with van der Waals surface area (Å²) >= 11 is 0. The minimum absolute atomic E-state index is 0.0908. The average molecular weight is 423 g/mol. The van der Waals surface area contributed by atoms with Crippen molar-refractivity contribution in [2.45, 2.75) is 49.2 Å². The molecule has 0 fully saturated rings. The van der Waals surface area contributed by atoms with Crippen LogP contribution in [0.4, 0.5) is 26.3 Å². The number of aliphatic hydroxyl groups excluding tert-OH is 1. The van der Waals surface area contributed by atoms with Gasteiger partial charge in [-0.2, -0.15) is 30.6 Å². The van der Waals surface area contributed by atoms with E-state index in [1.54, 1.807) is 13.8 Å². The van der Waals surface area contributed by atoms with Gasteiger partial charge in [0.25, 0.3) is 5.60 Å². The van der Waals surface area contributed by atoms with Gasteiger partial charge in [0.05, 0.1) is 11.0 Å². The van der Waals surface area contributed by atoms with E-state index in [0.29, 0.717) is 0 Å². The largest absolute Gasteiger partial charge is 0.426 e. The van der Waals surface area contributed by atoms with Gasteiger partial charge in [0.15, 0.2) is 0 Å². The Kier molecular flexibility index (Phi) is 6.96. The first-order chi connectivity index (χ1) is 12.1. The number of sulfonamides is 1. The predicted octanol–water partition coefficient (Wildman–Crippen LogP) is 3.00. The number of aliphatic hydroxyl groups is 2. The van der Waals surface area contributed by atoms with Gasteiger partial charge >= 0.3 is 12.4 Å². The van der Waals surface area contributed by atoms with Gasteiger partial charge in [-0.05, 0) is 17.7 Å². The molecule has 0 radical (unpaired) electrons. The van der Waals surface area contributed by atoms with E-state index in [0.717, 1.165) is 28.6 Å². The van der Waals surface area contributed by atoms with Crippen molar-refractivity contribution in [2.24, 2.45) is 0 Å². The summed E-state index contributed by atoms with van der Waals surface area (Å²) in [5.41, 5.74) is -5.65. The SMILES string of the molecule is CCN(CC)S(=O)(=O)c1cccc(C(O)CC(O)(C(F)(F)F)C(F)(F)F)c1. The Morgan fingerprint density at radius 2 is 1.52 bits per heavy atom. The Hall–Kier alpha value is -1.37. The summed E-state index contributed by atoms with van der Waals surface area (Å²) in [6.07, 6.45) is -16.7. The molecule has 156 valence electrons. The lowest BCUT2D eigenvalue weighted by atomic mass is 9.91. The van der Waals surface area contributed by atoms with Crippen LogP contribution in [0.15, 0.2) is 29.2 Å². The van der Waals surface area contributed by atoms with Crippen LogP contribution in [0.2, 0.25) is 0 Å². The standard InChI is InChI=1S/C15H19F6NO4S/c1-3-22(4-2)27(25,26)11-7-5-6-10(8-11)12(23)9-13(24,14(16,17)18)15(19,20)21/h5-8,12,23-24H,3-4,9H2,1-2H3. The van der Waals surface area contributed by atoms with Gasteiger partial charge < -0.3 is 10.2 Å². The summed E-state index contributed by atoms with van der Waals surface area (Å²) in [5, 5.41) is 19.0. The first-order valence-electron chi connectivity index (χ1n) is 7.75. The van der Waals surface area contributed by atoms with Crippen LogP contribution in [-0.2, 0) is 10.0 Å². The number of benzene rings is 1. The zero-order chi connectivity index (χ0) is 21.3. The second-order valence-electron chi connectivity index (χ2n) is 5.74. The summed E-state index contributed by atoms with van der Waals surface area (Å²) in [6.45, 7) is 3.28. The molecular formula is C15H19F6NO4S. The Labute approximate surface area is 152 Å². The molecule has 1 rings (SSSR count). The van der Waals surface area contributed by atoms with E-state index in [4.69, 9.17) is 0 Å². The lowest BCUT2D eigenvalue weighted by Crippen LogP contribution is -2.57. The zero-order valence-electron chi connectivity index (χ0n) is 14.3. The third-order valence-corrected chi connectivity index (χ3v) is 6.06. The summed E-state index contributed by atoms with van der Waals surface area (Å²) in [6, 6.07) is 3.93. The van der Waals surface area contributed by atoms with Crippen LogP contribution in [0.1, 0.15) is 31.9 Å². The lowest BCUT2D eigenvalue weighted by Gasteiger charge is -2.33. The van der Waals surface area contributed by atoms with E-state index < -0.39 is 51.0 Å². The second-order valence-corrected chi connectivity index (χ2v) is 7.68. The number of halogens is 6. The molecule has 0 saturated carbocycles. The molecule has 0 aliphatic heterocycles. The van der Waals surface area contributed by atoms with Gasteiger partial charge in [-0.15, -0.1) is 0 Å². The molecule has 0 aliphatic carbocycles. The van der Waals surface area contributed by atoms with E-state index in [1.165, 1.54) is 0 Å². The van der Waals surface area contributed by atoms with E-state index in [2.05, 4.69) is 0 Å². The molecule has 1 atom stereocenters. The van der Waals surface area contributed by atoms with E-state index in [9.17, 15) is 45.0 Å². The van der Waals surface area contributed by atoms with Crippen LogP contribution in [0.5, 0.6) is 0 Å². The molecule has 0 spiro atoms. The van der Waals surface area contributed by atoms with Crippen molar-refractivity contribution in [3.8, 4) is 0 Å². The van der Waals surface area contributed by atoms with Crippen LogP contribution < -0.4 is 0 Å². The molecule has 0 aromatic heterocycles. The van der Waals surface area contributed by atoms with E-state index in [1.807, 2.05) is 0 Å². The topological polar surface area (TPSA) is 77.8 Å². The summed E-state index contributed by atoms with van der Waals surface area (Å²) in [7, 11) is -4.04. The monoisotopic (exact) mass is 423 g/mol. The molecule has 0 amide bonds. The average Bonchev–Trinajstić information content (AvgIpc) is 2.53. The van der Waals surface area contributed by atoms with Gasteiger partial charge in [-0.25, -0.2) is 8.42 Å². The van der Waals surface area contributed by atoms with Gasteiger partial charge in [-0.1, -0.05) is 26.0 Å².